The summed E-state index contributed by atoms with van der Waals surface area (Å²) in [6, 6.07) is 3.62. The van der Waals surface area contributed by atoms with Crippen molar-refractivity contribution in [2.45, 2.75) is 13.8 Å². The van der Waals surface area contributed by atoms with Crippen LogP contribution in [0.1, 0.15) is 11.4 Å². The van der Waals surface area contributed by atoms with Crippen LogP contribution in [0.3, 0.4) is 0 Å². The SMILES string of the molecule is COc1cccnc1-c1nc(C)c(C)nc1N. The first kappa shape index (κ1) is 11.3. The van der Waals surface area contributed by atoms with Crippen LogP contribution >= 0.6 is 0 Å². The Morgan fingerprint density at radius 1 is 1.12 bits per heavy atom. The summed E-state index contributed by atoms with van der Waals surface area (Å²) in [5.74, 6) is 1.00. The van der Waals surface area contributed by atoms with Crippen molar-refractivity contribution in [3.63, 3.8) is 0 Å². The summed E-state index contributed by atoms with van der Waals surface area (Å²) < 4.78 is 5.24. The molecule has 0 spiro atoms. The van der Waals surface area contributed by atoms with E-state index in [2.05, 4.69) is 15.0 Å². The molecule has 0 saturated heterocycles. The Morgan fingerprint density at radius 2 is 1.82 bits per heavy atom. The molecule has 2 rings (SSSR count). The molecule has 5 heteroatoms. The Bertz CT molecular complexity index is 554. The van der Waals surface area contributed by atoms with Crippen molar-refractivity contribution in [2.75, 3.05) is 12.8 Å². The van der Waals surface area contributed by atoms with Crippen molar-refractivity contribution >= 4 is 5.82 Å². The molecule has 2 aromatic heterocycles. The molecule has 0 unspecified atom stereocenters. The van der Waals surface area contributed by atoms with Gasteiger partial charge in [-0.15, -0.1) is 0 Å². The molecule has 5 nitrogen and oxygen atoms in total. The van der Waals surface area contributed by atoms with Crippen LogP contribution in [0.5, 0.6) is 5.75 Å². The highest BCUT2D eigenvalue weighted by Crippen LogP contribution is 2.29. The molecule has 2 N–H and O–H groups in total. The summed E-state index contributed by atoms with van der Waals surface area (Å²) in [7, 11) is 1.59. The van der Waals surface area contributed by atoms with E-state index in [0.717, 1.165) is 11.4 Å². The largest absolute Gasteiger partial charge is 0.494 e. The van der Waals surface area contributed by atoms with E-state index in [0.29, 0.717) is 23.0 Å². The number of aromatic nitrogens is 3. The number of anilines is 1. The molecule has 0 saturated carbocycles. The van der Waals surface area contributed by atoms with E-state index in [1.165, 1.54) is 0 Å². The summed E-state index contributed by atoms with van der Waals surface area (Å²) in [6.07, 6.45) is 1.67. The van der Waals surface area contributed by atoms with Gasteiger partial charge < -0.3 is 10.5 Å². The third-order valence-electron chi connectivity index (χ3n) is 2.55. The topological polar surface area (TPSA) is 73.9 Å². The zero-order valence-corrected chi connectivity index (χ0v) is 10.1. The van der Waals surface area contributed by atoms with Crippen LogP contribution in [0.2, 0.25) is 0 Å². The lowest BCUT2D eigenvalue weighted by molar-refractivity contribution is 0.414. The Morgan fingerprint density at radius 3 is 2.53 bits per heavy atom. The maximum absolute atomic E-state index is 5.88. The fraction of sp³-hybridized carbons (Fsp3) is 0.250. The van der Waals surface area contributed by atoms with Gasteiger partial charge in [0.25, 0.3) is 0 Å². The van der Waals surface area contributed by atoms with E-state index in [1.807, 2.05) is 19.9 Å². The summed E-state index contributed by atoms with van der Waals surface area (Å²) in [6.45, 7) is 3.76. The normalized spacial score (nSPS) is 10.3. The average molecular weight is 230 g/mol. The molecule has 0 atom stereocenters. The number of nitrogens with two attached hydrogens (primary N) is 1. The molecule has 17 heavy (non-hydrogen) atoms. The first-order chi connectivity index (χ1) is 8.13. The van der Waals surface area contributed by atoms with Crippen LogP contribution in [-0.2, 0) is 0 Å². The Kier molecular flexibility index (Phi) is 2.91. The Hall–Kier alpha value is -2.17. The summed E-state index contributed by atoms with van der Waals surface area (Å²) in [5, 5.41) is 0. The van der Waals surface area contributed by atoms with Gasteiger partial charge in [-0.2, -0.15) is 0 Å². The number of rotatable bonds is 2. The second-order valence-corrected chi connectivity index (χ2v) is 3.68. The van der Waals surface area contributed by atoms with Gasteiger partial charge in [0.15, 0.2) is 5.82 Å². The average Bonchev–Trinajstić information content (AvgIpc) is 2.34. The van der Waals surface area contributed by atoms with E-state index in [1.54, 1.807) is 19.4 Å². The van der Waals surface area contributed by atoms with E-state index >= 15 is 0 Å². The first-order valence-corrected chi connectivity index (χ1v) is 5.23. The highest BCUT2D eigenvalue weighted by Gasteiger charge is 2.14. The van der Waals surface area contributed by atoms with Crippen molar-refractivity contribution in [1.29, 1.82) is 0 Å². The number of pyridine rings is 1. The fourth-order valence-corrected chi connectivity index (χ4v) is 1.53. The second-order valence-electron chi connectivity index (χ2n) is 3.68. The molecule has 0 radical (unpaired) electrons. The maximum atomic E-state index is 5.88. The predicted molar refractivity (Wildman–Crippen MR) is 65.7 cm³/mol. The fourth-order valence-electron chi connectivity index (χ4n) is 1.53. The lowest BCUT2D eigenvalue weighted by Gasteiger charge is -2.09. The molecule has 0 amide bonds. The van der Waals surface area contributed by atoms with Gasteiger partial charge in [-0.3, -0.25) is 4.98 Å². The minimum atomic E-state index is 0.366. The van der Waals surface area contributed by atoms with Crippen LogP contribution < -0.4 is 10.5 Å². The minimum absolute atomic E-state index is 0.366. The lowest BCUT2D eigenvalue weighted by Crippen LogP contribution is -2.04. The van der Waals surface area contributed by atoms with Gasteiger partial charge in [0.05, 0.1) is 18.5 Å². The zero-order valence-electron chi connectivity index (χ0n) is 10.1. The van der Waals surface area contributed by atoms with Crippen molar-refractivity contribution in [2.24, 2.45) is 0 Å². The molecular weight excluding hydrogens is 216 g/mol. The summed E-state index contributed by atoms with van der Waals surface area (Å²) >= 11 is 0. The first-order valence-electron chi connectivity index (χ1n) is 5.23. The highest BCUT2D eigenvalue weighted by molar-refractivity contribution is 5.71. The summed E-state index contributed by atoms with van der Waals surface area (Å²) in [4.78, 5) is 12.9. The van der Waals surface area contributed by atoms with Crippen molar-refractivity contribution in [3.05, 3.63) is 29.7 Å². The van der Waals surface area contributed by atoms with Crippen LogP contribution in [0.15, 0.2) is 18.3 Å². The van der Waals surface area contributed by atoms with Gasteiger partial charge in [0, 0.05) is 6.20 Å². The van der Waals surface area contributed by atoms with Crippen LogP contribution in [0.25, 0.3) is 11.4 Å². The molecule has 0 aliphatic rings. The molecule has 2 aromatic rings. The van der Waals surface area contributed by atoms with Gasteiger partial charge in [-0.1, -0.05) is 0 Å². The van der Waals surface area contributed by atoms with Gasteiger partial charge in [-0.05, 0) is 26.0 Å². The second kappa shape index (κ2) is 4.37. The maximum Gasteiger partial charge on any atom is 0.152 e. The van der Waals surface area contributed by atoms with E-state index < -0.39 is 0 Å². The van der Waals surface area contributed by atoms with Crippen molar-refractivity contribution in [1.82, 2.24) is 15.0 Å². The third-order valence-corrected chi connectivity index (χ3v) is 2.55. The minimum Gasteiger partial charge on any atom is -0.494 e. The van der Waals surface area contributed by atoms with Gasteiger partial charge in [-0.25, -0.2) is 9.97 Å². The third kappa shape index (κ3) is 2.04. The molecular formula is C12H14N4O. The smallest absolute Gasteiger partial charge is 0.152 e. The molecule has 0 fully saturated rings. The standard InChI is InChI=1S/C12H14N4O/c1-7-8(2)16-12(13)11(15-7)10-9(17-3)5-4-6-14-10/h4-6H,1-3H3,(H2,13,16). The van der Waals surface area contributed by atoms with Crippen LogP contribution in [-0.4, -0.2) is 22.1 Å². The number of aryl methyl sites for hydroxylation is 2. The molecule has 88 valence electrons. The van der Waals surface area contributed by atoms with E-state index in [4.69, 9.17) is 10.5 Å². The lowest BCUT2D eigenvalue weighted by atomic mass is 10.2. The number of nitrogens with zero attached hydrogens (tertiary/aromatic N) is 3. The van der Waals surface area contributed by atoms with Gasteiger partial charge in [0.2, 0.25) is 0 Å². The molecule has 0 aliphatic heterocycles. The number of methoxy groups -OCH3 is 1. The quantitative estimate of drug-likeness (QED) is 0.850. The van der Waals surface area contributed by atoms with Gasteiger partial charge in [0.1, 0.15) is 17.1 Å². The Balaban J connectivity index is 2.64. The number of hydrogen-bond acceptors (Lipinski definition) is 5. The van der Waals surface area contributed by atoms with E-state index in [9.17, 15) is 0 Å². The van der Waals surface area contributed by atoms with Crippen molar-refractivity contribution in [3.8, 4) is 17.1 Å². The summed E-state index contributed by atoms with van der Waals surface area (Å²) in [5.41, 5.74) is 8.71. The van der Waals surface area contributed by atoms with Gasteiger partial charge >= 0.3 is 0 Å². The van der Waals surface area contributed by atoms with Crippen molar-refractivity contribution < 1.29 is 4.74 Å². The van der Waals surface area contributed by atoms with Crippen LogP contribution in [0.4, 0.5) is 5.82 Å². The number of ether oxygens (including phenoxy) is 1. The zero-order chi connectivity index (χ0) is 12.4. The number of hydrogen-bond donors (Lipinski definition) is 1. The number of nitrogen functional groups attached to an aromatic ring is 1. The molecule has 0 aromatic carbocycles. The van der Waals surface area contributed by atoms with E-state index in [-0.39, 0.29) is 0 Å². The molecule has 0 aliphatic carbocycles. The van der Waals surface area contributed by atoms with Crippen LogP contribution in [0, 0.1) is 13.8 Å². The molecule has 0 bridgehead atoms. The monoisotopic (exact) mass is 230 g/mol. The predicted octanol–water partition coefficient (Wildman–Crippen LogP) is 1.75. The molecule has 2 heterocycles. The highest BCUT2D eigenvalue weighted by atomic mass is 16.5. The Labute approximate surface area is 99.7 Å².